The molecule has 3 aromatic carbocycles. The molecule has 1 atom stereocenters. The summed E-state index contributed by atoms with van der Waals surface area (Å²) in [7, 11) is 0. The van der Waals surface area contributed by atoms with Crippen molar-refractivity contribution >= 4 is 0 Å². The van der Waals surface area contributed by atoms with Crippen molar-refractivity contribution in [2.45, 2.75) is 44.9 Å². The van der Waals surface area contributed by atoms with Gasteiger partial charge in [0.15, 0.2) is 0 Å². The van der Waals surface area contributed by atoms with Gasteiger partial charge in [-0.15, -0.1) is 13.2 Å². The summed E-state index contributed by atoms with van der Waals surface area (Å²) in [6, 6.07) is 17.1. The first kappa shape index (κ1) is 22.0. The van der Waals surface area contributed by atoms with Gasteiger partial charge < -0.3 is 4.74 Å². The molecule has 0 aliphatic heterocycles. The van der Waals surface area contributed by atoms with E-state index in [4.69, 9.17) is 0 Å². The van der Waals surface area contributed by atoms with Gasteiger partial charge in [-0.2, -0.15) is 0 Å². The Morgan fingerprint density at radius 1 is 0.906 bits per heavy atom. The fourth-order valence-electron chi connectivity index (χ4n) is 4.10. The number of alkyl halides is 3. The van der Waals surface area contributed by atoms with Crippen LogP contribution in [0.1, 0.15) is 52.6 Å². The summed E-state index contributed by atoms with van der Waals surface area (Å²) >= 11 is 0. The number of halogens is 4. The molecule has 0 heterocycles. The molecular formula is C27H22F4O. The first-order chi connectivity index (χ1) is 15.3. The average molecular weight is 438 g/mol. The van der Waals surface area contributed by atoms with Gasteiger partial charge in [-0.1, -0.05) is 37.0 Å². The number of hydrogen-bond acceptors (Lipinski definition) is 1. The van der Waals surface area contributed by atoms with Crippen molar-refractivity contribution in [3.63, 3.8) is 0 Å². The van der Waals surface area contributed by atoms with Gasteiger partial charge in [0.05, 0.1) is 0 Å². The molecule has 164 valence electrons. The highest BCUT2D eigenvalue weighted by Gasteiger charge is 2.30. The van der Waals surface area contributed by atoms with Gasteiger partial charge in [0.25, 0.3) is 0 Å². The monoisotopic (exact) mass is 438 g/mol. The molecule has 32 heavy (non-hydrogen) atoms. The Kier molecular flexibility index (Phi) is 6.23. The largest absolute Gasteiger partial charge is 0.573 e. The van der Waals surface area contributed by atoms with Crippen LogP contribution in [-0.2, 0) is 19.3 Å². The number of hydrogen-bond donors (Lipinski definition) is 0. The van der Waals surface area contributed by atoms with Crippen molar-refractivity contribution in [3.05, 3.63) is 99.9 Å². The Bertz CT molecular complexity index is 1170. The molecule has 0 amide bonds. The first-order valence-electron chi connectivity index (χ1n) is 10.6. The lowest BCUT2D eigenvalue weighted by Crippen LogP contribution is -2.16. The van der Waals surface area contributed by atoms with Crippen LogP contribution in [0.2, 0.25) is 0 Å². The molecule has 1 nitrogen and oxygen atoms in total. The van der Waals surface area contributed by atoms with Crippen LogP contribution in [0.4, 0.5) is 17.6 Å². The first-order valence-corrected chi connectivity index (χ1v) is 10.6. The molecule has 0 radical (unpaired) electrons. The van der Waals surface area contributed by atoms with Crippen molar-refractivity contribution in [1.82, 2.24) is 0 Å². The highest BCUT2D eigenvalue weighted by Crippen LogP contribution is 2.34. The van der Waals surface area contributed by atoms with E-state index in [0.717, 1.165) is 42.4 Å². The zero-order valence-corrected chi connectivity index (χ0v) is 17.6. The Morgan fingerprint density at radius 3 is 2.31 bits per heavy atom. The van der Waals surface area contributed by atoms with Crippen LogP contribution in [0.25, 0.3) is 0 Å². The third-order valence-electron chi connectivity index (χ3n) is 5.79. The van der Waals surface area contributed by atoms with Crippen molar-refractivity contribution in [2.24, 2.45) is 0 Å². The van der Waals surface area contributed by atoms with Crippen molar-refractivity contribution in [3.8, 4) is 17.6 Å². The Hall–Kier alpha value is -3.26. The summed E-state index contributed by atoms with van der Waals surface area (Å²) in [5, 5.41) is 0. The molecule has 1 aliphatic carbocycles. The third-order valence-corrected chi connectivity index (χ3v) is 5.79. The normalized spacial score (nSPS) is 15.5. The predicted octanol–water partition coefficient (Wildman–Crippen LogP) is 6.96. The van der Waals surface area contributed by atoms with E-state index >= 15 is 0 Å². The predicted molar refractivity (Wildman–Crippen MR) is 116 cm³/mol. The highest BCUT2D eigenvalue weighted by atomic mass is 19.4. The standard InChI is InChI=1S/C27H22F4O/c1-2-18-8-14-25(26(28)16-18)23-11-10-21-15-20(5-9-22(21)17-23)4-3-19-6-12-24(13-7-19)32-27(29,30)31/h5-9,12-16,23H,2,10-11,17H2,1H3. The minimum atomic E-state index is -4.71. The van der Waals surface area contributed by atoms with Gasteiger partial charge >= 0.3 is 6.36 Å². The lowest BCUT2D eigenvalue weighted by atomic mass is 9.79. The van der Waals surface area contributed by atoms with Gasteiger partial charge in [-0.25, -0.2) is 4.39 Å². The maximum Gasteiger partial charge on any atom is 0.573 e. The smallest absolute Gasteiger partial charge is 0.406 e. The number of aryl methyl sites for hydroxylation is 2. The minimum absolute atomic E-state index is 0.119. The highest BCUT2D eigenvalue weighted by molar-refractivity contribution is 5.48. The van der Waals surface area contributed by atoms with Crippen molar-refractivity contribution < 1.29 is 22.3 Å². The van der Waals surface area contributed by atoms with E-state index in [1.54, 1.807) is 6.07 Å². The van der Waals surface area contributed by atoms with E-state index in [0.29, 0.717) is 5.56 Å². The van der Waals surface area contributed by atoms with Crippen molar-refractivity contribution in [1.29, 1.82) is 0 Å². The van der Waals surface area contributed by atoms with Crippen LogP contribution in [0.15, 0.2) is 60.7 Å². The molecule has 0 spiro atoms. The van der Waals surface area contributed by atoms with Gasteiger partial charge in [0.2, 0.25) is 0 Å². The summed E-state index contributed by atoms with van der Waals surface area (Å²) in [6.07, 6.45) is -1.35. The quantitative estimate of drug-likeness (QED) is 0.317. The summed E-state index contributed by atoms with van der Waals surface area (Å²) in [4.78, 5) is 0. The Morgan fingerprint density at radius 2 is 1.62 bits per heavy atom. The molecule has 0 bridgehead atoms. The Balaban J connectivity index is 1.46. The fourth-order valence-corrected chi connectivity index (χ4v) is 4.10. The molecule has 3 aromatic rings. The van der Waals surface area contributed by atoms with Crippen LogP contribution in [0, 0.1) is 17.7 Å². The van der Waals surface area contributed by atoms with Crippen LogP contribution in [0.3, 0.4) is 0 Å². The summed E-state index contributed by atoms with van der Waals surface area (Å²) in [5.41, 5.74) is 5.66. The maximum absolute atomic E-state index is 14.5. The molecule has 1 aliphatic rings. The van der Waals surface area contributed by atoms with Crippen LogP contribution in [-0.4, -0.2) is 6.36 Å². The van der Waals surface area contributed by atoms with E-state index in [9.17, 15) is 17.6 Å². The zero-order chi connectivity index (χ0) is 22.7. The van der Waals surface area contributed by atoms with Crippen LogP contribution in [0.5, 0.6) is 5.75 Å². The molecule has 4 rings (SSSR count). The minimum Gasteiger partial charge on any atom is -0.406 e. The molecule has 0 N–H and O–H groups in total. The second-order valence-corrected chi connectivity index (χ2v) is 7.95. The van der Waals surface area contributed by atoms with Crippen molar-refractivity contribution in [2.75, 3.05) is 0 Å². The maximum atomic E-state index is 14.5. The average Bonchev–Trinajstić information content (AvgIpc) is 2.77. The van der Waals surface area contributed by atoms with Gasteiger partial charge in [0, 0.05) is 11.1 Å². The lowest BCUT2D eigenvalue weighted by molar-refractivity contribution is -0.274. The van der Waals surface area contributed by atoms with Crippen LogP contribution < -0.4 is 4.74 Å². The lowest BCUT2D eigenvalue weighted by Gasteiger charge is -2.25. The molecule has 0 saturated carbocycles. The summed E-state index contributed by atoms with van der Waals surface area (Å²) < 4.78 is 55.2. The molecule has 0 saturated heterocycles. The molecule has 0 aromatic heterocycles. The number of benzene rings is 3. The van der Waals surface area contributed by atoms with E-state index in [1.807, 2.05) is 31.2 Å². The molecule has 0 fully saturated rings. The molecule has 5 heteroatoms. The van der Waals surface area contributed by atoms with E-state index in [-0.39, 0.29) is 17.5 Å². The fraction of sp³-hybridized carbons (Fsp3) is 0.259. The third kappa shape index (κ3) is 5.31. The van der Waals surface area contributed by atoms with Gasteiger partial charge in [-0.3, -0.25) is 0 Å². The Labute approximate surface area is 185 Å². The summed E-state index contributed by atoms with van der Waals surface area (Å²) in [6.45, 7) is 2.02. The second-order valence-electron chi connectivity index (χ2n) is 7.95. The number of rotatable bonds is 3. The SMILES string of the molecule is CCc1ccc(C2CCc3cc(C#Cc4ccc(OC(F)(F)F)cc4)ccc3C2)c(F)c1. The van der Waals surface area contributed by atoms with Gasteiger partial charge in [0.1, 0.15) is 11.6 Å². The molecular weight excluding hydrogens is 416 g/mol. The van der Waals surface area contributed by atoms with E-state index in [2.05, 4.69) is 22.6 Å². The van der Waals surface area contributed by atoms with E-state index < -0.39 is 6.36 Å². The van der Waals surface area contributed by atoms with E-state index in [1.165, 1.54) is 35.4 Å². The molecule has 1 unspecified atom stereocenters. The topological polar surface area (TPSA) is 9.23 Å². The summed E-state index contributed by atoms with van der Waals surface area (Å²) in [5.74, 6) is 5.82. The number of fused-ring (bicyclic) bond motifs is 1. The van der Waals surface area contributed by atoms with Gasteiger partial charge in [-0.05, 0) is 96.3 Å². The zero-order valence-electron chi connectivity index (χ0n) is 17.6. The second kappa shape index (κ2) is 9.08. The van der Waals surface area contributed by atoms with Crippen LogP contribution >= 0.6 is 0 Å². The number of ether oxygens (including phenoxy) is 1.